The Labute approximate surface area is 151 Å². The third-order valence-electron chi connectivity index (χ3n) is 3.67. The lowest BCUT2D eigenvalue weighted by molar-refractivity contribution is -0.384. The van der Waals surface area contributed by atoms with E-state index < -0.39 is 10.8 Å². The summed E-state index contributed by atoms with van der Waals surface area (Å²) in [4.78, 5) is 26.8. The quantitative estimate of drug-likeness (QED) is 0.528. The largest absolute Gasteiger partial charge is 0.313 e. The molecule has 3 aromatic rings. The summed E-state index contributed by atoms with van der Waals surface area (Å²) >= 11 is 3.39. The van der Waals surface area contributed by atoms with Crippen LogP contribution >= 0.6 is 15.9 Å². The van der Waals surface area contributed by atoms with Crippen molar-refractivity contribution >= 4 is 33.5 Å². The minimum Gasteiger partial charge on any atom is -0.313 e. The average molecular weight is 401 g/mol. The van der Waals surface area contributed by atoms with Crippen molar-refractivity contribution in [3.63, 3.8) is 0 Å². The Morgan fingerprint density at radius 3 is 2.64 bits per heavy atom. The first-order chi connectivity index (χ1) is 12.0. The Morgan fingerprint density at radius 1 is 1.24 bits per heavy atom. The molecule has 7 nitrogen and oxygen atoms in total. The number of imidazole rings is 1. The maximum absolute atomic E-state index is 12.3. The lowest BCUT2D eigenvalue weighted by Gasteiger charge is -2.08. The highest BCUT2D eigenvalue weighted by Gasteiger charge is 2.15. The maximum Gasteiger partial charge on any atom is 0.270 e. The molecule has 0 unspecified atom stereocenters. The van der Waals surface area contributed by atoms with Crippen molar-refractivity contribution in [2.24, 2.45) is 7.05 Å². The Kier molecular flexibility index (Phi) is 4.62. The molecule has 25 heavy (non-hydrogen) atoms. The standard InChI is InChI=1S/C17H13BrN4O3/c1-21-15(11-5-7-13(18)8-6-11)10-19-17(21)20-16(23)12-3-2-4-14(9-12)22(24)25/h2-10H,1H3,(H,19,20,23). The predicted molar refractivity (Wildman–Crippen MR) is 97.4 cm³/mol. The van der Waals surface area contributed by atoms with Gasteiger partial charge in [0.2, 0.25) is 5.95 Å². The van der Waals surface area contributed by atoms with Gasteiger partial charge in [0.1, 0.15) is 0 Å². The number of benzene rings is 2. The first kappa shape index (κ1) is 16.8. The van der Waals surface area contributed by atoms with Gasteiger partial charge in [0.25, 0.3) is 11.6 Å². The fourth-order valence-electron chi connectivity index (χ4n) is 2.35. The van der Waals surface area contributed by atoms with E-state index in [1.165, 1.54) is 24.3 Å². The number of nitro groups is 1. The van der Waals surface area contributed by atoms with Crippen molar-refractivity contribution in [2.45, 2.75) is 0 Å². The normalized spacial score (nSPS) is 10.5. The number of rotatable bonds is 4. The van der Waals surface area contributed by atoms with E-state index in [1.54, 1.807) is 17.8 Å². The third kappa shape index (κ3) is 3.58. The summed E-state index contributed by atoms with van der Waals surface area (Å²) in [6.45, 7) is 0. The molecular formula is C17H13BrN4O3. The molecule has 0 spiro atoms. The number of nitrogens with zero attached hydrogens (tertiary/aromatic N) is 3. The molecular weight excluding hydrogens is 388 g/mol. The number of carbonyl (C=O) groups is 1. The number of non-ortho nitro benzene ring substituents is 1. The summed E-state index contributed by atoms with van der Waals surface area (Å²) in [7, 11) is 1.79. The van der Waals surface area contributed by atoms with Crippen LogP contribution in [0.3, 0.4) is 0 Å². The van der Waals surface area contributed by atoms with Crippen LogP contribution in [0.25, 0.3) is 11.3 Å². The molecule has 1 amide bonds. The number of halogens is 1. The van der Waals surface area contributed by atoms with E-state index >= 15 is 0 Å². The van der Waals surface area contributed by atoms with Crippen LogP contribution in [0.4, 0.5) is 11.6 Å². The highest BCUT2D eigenvalue weighted by molar-refractivity contribution is 9.10. The zero-order chi connectivity index (χ0) is 18.0. The molecule has 0 fully saturated rings. The van der Waals surface area contributed by atoms with Gasteiger partial charge in [0.15, 0.2) is 0 Å². The lowest BCUT2D eigenvalue weighted by atomic mass is 10.2. The van der Waals surface area contributed by atoms with Gasteiger partial charge in [0, 0.05) is 29.2 Å². The summed E-state index contributed by atoms with van der Waals surface area (Å²) in [6, 6.07) is 13.3. The van der Waals surface area contributed by atoms with E-state index in [0.717, 1.165) is 15.7 Å². The summed E-state index contributed by atoms with van der Waals surface area (Å²) in [5.74, 6) is -0.103. The molecule has 0 saturated carbocycles. The van der Waals surface area contributed by atoms with Crippen molar-refractivity contribution in [3.05, 3.63) is 74.9 Å². The van der Waals surface area contributed by atoms with Crippen LogP contribution in [0.2, 0.25) is 0 Å². The van der Waals surface area contributed by atoms with Gasteiger partial charge in [-0.05, 0) is 23.8 Å². The van der Waals surface area contributed by atoms with Crippen LogP contribution in [0.1, 0.15) is 10.4 Å². The van der Waals surface area contributed by atoms with Crippen LogP contribution < -0.4 is 5.32 Å². The minimum absolute atomic E-state index is 0.136. The van der Waals surface area contributed by atoms with Crippen LogP contribution in [0.15, 0.2) is 59.2 Å². The van der Waals surface area contributed by atoms with Crippen molar-refractivity contribution in [1.29, 1.82) is 0 Å². The van der Waals surface area contributed by atoms with Gasteiger partial charge in [0.05, 0.1) is 16.8 Å². The molecule has 0 saturated heterocycles. The Bertz CT molecular complexity index is 951. The van der Waals surface area contributed by atoms with Crippen LogP contribution in [-0.2, 0) is 7.05 Å². The van der Waals surface area contributed by atoms with Crippen LogP contribution in [-0.4, -0.2) is 20.4 Å². The molecule has 0 aliphatic carbocycles. The predicted octanol–water partition coefficient (Wildman–Crippen LogP) is 4.01. The highest BCUT2D eigenvalue weighted by atomic mass is 79.9. The van der Waals surface area contributed by atoms with Crippen molar-refractivity contribution in [2.75, 3.05) is 5.32 Å². The summed E-state index contributed by atoms with van der Waals surface area (Å²) in [5, 5.41) is 13.5. The molecule has 0 radical (unpaired) electrons. The number of aromatic nitrogens is 2. The minimum atomic E-state index is -0.539. The van der Waals surface area contributed by atoms with Crippen LogP contribution in [0, 0.1) is 10.1 Å². The summed E-state index contributed by atoms with van der Waals surface area (Å²) in [6.07, 6.45) is 1.66. The first-order valence-corrected chi connectivity index (χ1v) is 8.08. The molecule has 2 aromatic carbocycles. The van der Waals surface area contributed by atoms with E-state index in [9.17, 15) is 14.9 Å². The summed E-state index contributed by atoms with van der Waals surface area (Å²) < 4.78 is 2.72. The van der Waals surface area contributed by atoms with Gasteiger partial charge >= 0.3 is 0 Å². The number of hydrogen-bond acceptors (Lipinski definition) is 4. The fraction of sp³-hybridized carbons (Fsp3) is 0.0588. The van der Waals surface area contributed by atoms with E-state index in [2.05, 4.69) is 26.2 Å². The van der Waals surface area contributed by atoms with Crippen LogP contribution in [0.5, 0.6) is 0 Å². The second-order valence-corrected chi connectivity index (χ2v) is 6.21. The highest BCUT2D eigenvalue weighted by Crippen LogP contribution is 2.24. The molecule has 1 aromatic heterocycles. The lowest BCUT2D eigenvalue weighted by Crippen LogP contribution is -2.15. The monoisotopic (exact) mass is 400 g/mol. The van der Waals surface area contributed by atoms with Gasteiger partial charge in [-0.3, -0.25) is 20.2 Å². The zero-order valence-electron chi connectivity index (χ0n) is 13.1. The number of nitro benzene ring substituents is 1. The molecule has 0 aliphatic heterocycles. The molecule has 1 N–H and O–H groups in total. The Hall–Kier alpha value is -3.00. The zero-order valence-corrected chi connectivity index (χ0v) is 14.7. The smallest absolute Gasteiger partial charge is 0.270 e. The van der Waals surface area contributed by atoms with E-state index in [4.69, 9.17) is 0 Å². The number of carbonyl (C=O) groups excluding carboxylic acids is 1. The molecule has 0 bridgehead atoms. The average Bonchev–Trinajstić information content (AvgIpc) is 2.96. The number of amides is 1. The SMILES string of the molecule is Cn1c(-c2ccc(Br)cc2)cnc1NC(=O)c1cccc([N+](=O)[O-])c1. The summed E-state index contributed by atoms with van der Waals surface area (Å²) in [5.41, 5.74) is 1.85. The van der Waals surface area contributed by atoms with Gasteiger partial charge in [-0.25, -0.2) is 4.98 Å². The molecule has 0 aliphatic rings. The maximum atomic E-state index is 12.3. The van der Waals surface area contributed by atoms with Crippen molar-refractivity contribution < 1.29 is 9.72 Å². The van der Waals surface area contributed by atoms with E-state index in [-0.39, 0.29) is 11.3 Å². The van der Waals surface area contributed by atoms with Gasteiger partial charge in [-0.15, -0.1) is 0 Å². The molecule has 126 valence electrons. The molecule has 3 rings (SSSR count). The number of nitrogens with one attached hydrogen (secondary N) is 1. The van der Waals surface area contributed by atoms with Gasteiger partial charge < -0.3 is 4.57 Å². The third-order valence-corrected chi connectivity index (χ3v) is 4.20. The van der Waals surface area contributed by atoms with Crippen molar-refractivity contribution in [3.8, 4) is 11.3 Å². The van der Waals surface area contributed by atoms with Gasteiger partial charge in [-0.1, -0.05) is 34.1 Å². The van der Waals surface area contributed by atoms with Crippen molar-refractivity contribution in [1.82, 2.24) is 9.55 Å². The fourth-order valence-corrected chi connectivity index (χ4v) is 2.61. The Morgan fingerprint density at radius 2 is 1.96 bits per heavy atom. The second-order valence-electron chi connectivity index (χ2n) is 5.29. The Balaban J connectivity index is 1.84. The molecule has 1 heterocycles. The topological polar surface area (TPSA) is 90.1 Å². The van der Waals surface area contributed by atoms with Gasteiger partial charge in [-0.2, -0.15) is 0 Å². The van der Waals surface area contributed by atoms with E-state index in [1.807, 2.05) is 24.3 Å². The first-order valence-electron chi connectivity index (χ1n) is 7.29. The molecule has 8 heteroatoms. The molecule has 0 atom stereocenters. The second kappa shape index (κ2) is 6.86. The van der Waals surface area contributed by atoms with E-state index in [0.29, 0.717) is 5.95 Å². The number of hydrogen-bond donors (Lipinski definition) is 1. The number of anilines is 1.